The highest BCUT2D eigenvalue weighted by atomic mass is 16.5. The highest BCUT2D eigenvalue weighted by Crippen LogP contribution is 2.30. The van der Waals surface area contributed by atoms with Gasteiger partial charge in [-0.1, -0.05) is 30.3 Å². The summed E-state index contributed by atoms with van der Waals surface area (Å²) in [7, 11) is 0. The van der Waals surface area contributed by atoms with Crippen LogP contribution in [0.5, 0.6) is 5.75 Å². The van der Waals surface area contributed by atoms with Crippen LogP contribution in [0.25, 0.3) is 10.8 Å². The van der Waals surface area contributed by atoms with Gasteiger partial charge in [-0.3, -0.25) is 0 Å². The smallest absolute Gasteiger partial charge is 0.123 e. The summed E-state index contributed by atoms with van der Waals surface area (Å²) in [4.78, 5) is 0. The van der Waals surface area contributed by atoms with E-state index in [4.69, 9.17) is 10.5 Å². The van der Waals surface area contributed by atoms with Crippen molar-refractivity contribution in [1.82, 2.24) is 5.32 Å². The van der Waals surface area contributed by atoms with Crippen LogP contribution in [-0.2, 0) is 6.42 Å². The first-order valence-electron chi connectivity index (χ1n) is 7.46. The van der Waals surface area contributed by atoms with E-state index in [0.29, 0.717) is 12.6 Å². The molecule has 1 saturated heterocycles. The highest BCUT2D eigenvalue weighted by Gasteiger charge is 2.17. The molecule has 2 aromatic carbocycles. The zero-order valence-electron chi connectivity index (χ0n) is 11.8. The minimum Gasteiger partial charge on any atom is -0.490 e. The van der Waals surface area contributed by atoms with Crippen molar-refractivity contribution >= 4 is 10.8 Å². The van der Waals surface area contributed by atoms with Gasteiger partial charge < -0.3 is 15.8 Å². The predicted octanol–water partition coefficient (Wildman–Crippen LogP) is 2.47. The third kappa shape index (κ3) is 2.79. The monoisotopic (exact) mass is 270 g/mol. The minimum absolute atomic E-state index is 0.328. The van der Waals surface area contributed by atoms with Gasteiger partial charge in [0, 0.05) is 5.56 Å². The molecule has 0 spiro atoms. The molecule has 0 atom stereocenters. The van der Waals surface area contributed by atoms with Crippen LogP contribution in [0.15, 0.2) is 36.4 Å². The van der Waals surface area contributed by atoms with Crippen LogP contribution in [0.2, 0.25) is 0 Å². The Balaban J connectivity index is 1.94. The van der Waals surface area contributed by atoms with Crippen molar-refractivity contribution in [3.63, 3.8) is 0 Å². The average Bonchev–Trinajstić information content (AvgIpc) is 2.51. The molecule has 1 aliphatic heterocycles. The van der Waals surface area contributed by atoms with Gasteiger partial charge in [0.1, 0.15) is 11.9 Å². The van der Waals surface area contributed by atoms with Crippen LogP contribution in [0.4, 0.5) is 0 Å². The Bertz CT molecular complexity index is 576. The second-order valence-electron chi connectivity index (χ2n) is 5.37. The molecule has 1 aliphatic rings. The summed E-state index contributed by atoms with van der Waals surface area (Å²) < 4.78 is 6.25. The molecule has 0 aromatic heterocycles. The van der Waals surface area contributed by atoms with Gasteiger partial charge in [-0.05, 0) is 55.7 Å². The van der Waals surface area contributed by atoms with Gasteiger partial charge in [0.2, 0.25) is 0 Å². The van der Waals surface area contributed by atoms with Crippen molar-refractivity contribution in [2.45, 2.75) is 25.4 Å². The van der Waals surface area contributed by atoms with Gasteiger partial charge >= 0.3 is 0 Å². The fourth-order valence-electron chi connectivity index (χ4n) is 2.92. The van der Waals surface area contributed by atoms with E-state index in [1.807, 2.05) is 0 Å². The summed E-state index contributed by atoms with van der Waals surface area (Å²) in [6, 6.07) is 12.7. The summed E-state index contributed by atoms with van der Waals surface area (Å²) in [5, 5.41) is 5.90. The first-order chi connectivity index (χ1) is 9.88. The van der Waals surface area contributed by atoms with Crippen molar-refractivity contribution < 1.29 is 4.74 Å². The van der Waals surface area contributed by atoms with Crippen LogP contribution < -0.4 is 15.8 Å². The average molecular weight is 270 g/mol. The number of nitrogens with two attached hydrogens (primary N) is 1. The Morgan fingerprint density at radius 3 is 2.70 bits per heavy atom. The SMILES string of the molecule is NCCc1c(OC2CCNCC2)ccc2ccccc12. The van der Waals surface area contributed by atoms with Crippen LogP contribution >= 0.6 is 0 Å². The zero-order chi connectivity index (χ0) is 13.8. The largest absolute Gasteiger partial charge is 0.490 e. The quantitative estimate of drug-likeness (QED) is 0.897. The fourth-order valence-corrected chi connectivity index (χ4v) is 2.92. The standard InChI is InChI=1S/C17H22N2O/c18-10-7-16-15-4-2-1-3-13(15)5-6-17(16)20-14-8-11-19-12-9-14/h1-6,14,19H,7-12,18H2. The van der Waals surface area contributed by atoms with E-state index in [-0.39, 0.29) is 0 Å². The van der Waals surface area contributed by atoms with Crippen LogP contribution in [0.1, 0.15) is 18.4 Å². The Morgan fingerprint density at radius 1 is 1.10 bits per heavy atom. The molecule has 0 unspecified atom stereocenters. The second-order valence-corrected chi connectivity index (χ2v) is 5.37. The van der Waals surface area contributed by atoms with Crippen molar-refractivity contribution in [3.8, 4) is 5.75 Å². The Kier molecular flexibility index (Phi) is 4.19. The molecule has 0 aliphatic carbocycles. The maximum Gasteiger partial charge on any atom is 0.123 e. The molecule has 1 heterocycles. The number of fused-ring (bicyclic) bond motifs is 1. The van der Waals surface area contributed by atoms with E-state index in [9.17, 15) is 0 Å². The summed E-state index contributed by atoms with van der Waals surface area (Å²) in [6.45, 7) is 2.74. The van der Waals surface area contributed by atoms with E-state index in [2.05, 4.69) is 41.7 Å². The lowest BCUT2D eigenvalue weighted by atomic mass is 10.0. The molecule has 0 radical (unpaired) electrons. The number of nitrogens with one attached hydrogen (secondary N) is 1. The van der Waals surface area contributed by atoms with Crippen LogP contribution in [0, 0.1) is 0 Å². The molecule has 1 fully saturated rings. The van der Waals surface area contributed by atoms with E-state index in [1.165, 1.54) is 16.3 Å². The Labute approximate surface area is 120 Å². The van der Waals surface area contributed by atoms with Crippen molar-refractivity contribution in [3.05, 3.63) is 42.0 Å². The minimum atomic E-state index is 0.328. The molecule has 20 heavy (non-hydrogen) atoms. The summed E-state index contributed by atoms with van der Waals surface area (Å²) in [5.41, 5.74) is 7.04. The highest BCUT2D eigenvalue weighted by molar-refractivity contribution is 5.87. The number of ether oxygens (including phenoxy) is 1. The van der Waals surface area contributed by atoms with Gasteiger partial charge in [0.15, 0.2) is 0 Å². The van der Waals surface area contributed by atoms with E-state index in [0.717, 1.165) is 38.1 Å². The van der Waals surface area contributed by atoms with Gasteiger partial charge in [-0.2, -0.15) is 0 Å². The maximum atomic E-state index is 6.25. The van der Waals surface area contributed by atoms with Crippen molar-refractivity contribution in [1.29, 1.82) is 0 Å². The van der Waals surface area contributed by atoms with Gasteiger partial charge in [-0.15, -0.1) is 0 Å². The summed E-state index contributed by atoms with van der Waals surface area (Å²) in [5.74, 6) is 1.01. The Morgan fingerprint density at radius 2 is 1.90 bits per heavy atom. The normalized spacial score (nSPS) is 16.4. The lowest BCUT2D eigenvalue weighted by Crippen LogP contribution is -2.34. The third-order valence-electron chi connectivity index (χ3n) is 3.97. The molecular formula is C17H22N2O. The van der Waals surface area contributed by atoms with Gasteiger partial charge in [0.25, 0.3) is 0 Å². The molecule has 3 N–H and O–H groups in total. The maximum absolute atomic E-state index is 6.25. The third-order valence-corrected chi connectivity index (χ3v) is 3.97. The van der Waals surface area contributed by atoms with E-state index < -0.39 is 0 Å². The van der Waals surface area contributed by atoms with E-state index in [1.54, 1.807) is 0 Å². The lowest BCUT2D eigenvalue weighted by molar-refractivity contribution is 0.161. The molecule has 0 bridgehead atoms. The molecule has 3 rings (SSSR count). The Hall–Kier alpha value is -1.58. The number of hydrogen-bond donors (Lipinski definition) is 2. The van der Waals surface area contributed by atoms with Gasteiger partial charge in [-0.25, -0.2) is 0 Å². The van der Waals surface area contributed by atoms with Gasteiger partial charge in [0.05, 0.1) is 0 Å². The molecule has 3 heteroatoms. The lowest BCUT2D eigenvalue weighted by Gasteiger charge is -2.25. The molecule has 2 aromatic rings. The van der Waals surface area contributed by atoms with Crippen LogP contribution in [-0.4, -0.2) is 25.7 Å². The zero-order valence-corrected chi connectivity index (χ0v) is 11.8. The summed E-state index contributed by atoms with van der Waals surface area (Å²) in [6.07, 6.45) is 3.35. The number of benzene rings is 2. The number of hydrogen-bond acceptors (Lipinski definition) is 3. The number of piperidine rings is 1. The number of rotatable bonds is 4. The molecule has 3 nitrogen and oxygen atoms in total. The van der Waals surface area contributed by atoms with E-state index >= 15 is 0 Å². The molecular weight excluding hydrogens is 248 g/mol. The first kappa shape index (κ1) is 13.4. The molecule has 106 valence electrons. The second kappa shape index (κ2) is 6.25. The summed E-state index contributed by atoms with van der Waals surface area (Å²) >= 11 is 0. The fraction of sp³-hybridized carbons (Fsp3) is 0.412. The first-order valence-corrected chi connectivity index (χ1v) is 7.46. The molecule has 0 saturated carbocycles. The topological polar surface area (TPSA) is 47.3 Å². The predicted molar refractivity (Wildman–Crippen MR) is 83.2 cm³/mol. The molecule has 0 amide bonds. The van der Waals surface area contributed by atoms with Crippen LogP contribution in [0.3, 0.4) is 0 Å². The van der Waals surface area contributed by atoms with Crippen molar-refractivity contribution in [2.75, 3.05) is 19.6 Å². The van der Waals surface area contributed by atoms with Crippen molar-refractivity contribution in [2.24, 2.45) is 5.73 Å².